The summed E-state index contributed by atoms with van der Waals surface area (Å²) in [6.07, 6.45) is 0.407. The number of para-hydroxylation sites is 1. The Kier molecular flexibility index (Phi) is 7.35. The van der Waals surface area contributed by atoms with Crippen LogP contribution in [0.1, 0.15) is 12.8 Å². The molecule has 0 spiro atoms. The average molecular weight is 308 g/mol. The molecule has 0 aromatic heterocycles. The van der Waals surface area contributed by atoms with Gasteiger partial charge in [-0.1, -0.05) is 18.2 Å². The van der Waals surface area contributed by atoms with Crippen molar-refractivity contribution in [2.75, 3.05) is 6.61 Å². The lowest BCUT2D eigenvalue weighted by Gasteiger charge is -2.10. The van der Waals surface area contributed by atoms with Gasteiger partial charge in [0.05, 0.1) is 6.61 Å². The fourth-order valence-electron chi connectivity index (χ4n) is 1.43. The van der Waals surface area contributed by atoms with Gasteiger partial charge in [-0.25, -0.2) is 14.4 Å². The molecule has 0 aliphatic heterocycles. The monoisotopic (exact) mass is 308 g/mol. The van der Waals surface area contributed by atoms with Gasteiger partial charge in [-0.3, -0.25) is 0 Å². The topological polar surface area (TPSA) is 110 Å². The highest BCUT2D eigenvalue weighted by atomic mass is 16.5. The van der Waals surface area contributed by atoms with E-state index in [1.165, 1.54) is 0 Å². The Morgan fingerprint density at radius 1 is 1.14 bits per heavy atom. The van der Waals surface area contributed by atoms with E-state index < -0.39 is 24.0 Å². The Morgan fingerprint density at radius 2 is 1.82 bits per heavy atom. The molecule has 0 heterocycles. The van der Waals surface area contributed by atoms with Crippen LogP contribution >= 0.6 is 0 Å². The molecule has 0 amide bonds. The van der Waals surface area contributed by atoms with Crippen molar-refractivity contribution in [1.29, 1.82) is 0 Å². The molecule has 0 saturated carbocycles. The molecule has 1 rings (SSSR count). The third-order valence-corrected chi connectivity index (χ3v) is 2.46. The number of aliphatic hydroxyl groups excluding tert-OH is 1. The van der Waals surface area contributed by atoms with Gasteiger partial charge in [0.2, 0.25) is 0 Å². The second-order valence-electron chi connectivity index (χ2n) is 4.23. The number of esters is 2. The maximum atomic E-state index is 11.6. The van der Waals surface area contributed by atoms with Crippen LogP contribution in [0.2, 0.25) is 0 Å². The molecule has 2 N–H and O–H groups in total. The first-order chi connectivity index (χ1) is 10.5. The molecule has 1 aromatic carbocycles. The number of carbonyl (C=O) groups excluding carboxylic acids is 2. The Bertz CT molecular complexity index is 536. The summed E-state index contributed by atoms with van der Waals surface area (Å²) < 4.78 is 9.63. The highest BCUT2D eigenvalue weighted by Crippen LogP contribution is 2.10. The maximum absolute atomic E-state index is 11.6. The van der Waals surface area contributed by atoms with Crippen molar-refractivity contribution in [3.05, 3.63) is 42.5 Å². The first kappa shape index (κ1) is 17.4. The van der Waals surface area contributed by atoms with Crippen LogP contribution in [-0.4, -0.2) is 40.8 Å². The minimum absolute atomic E-state index is 0.0432. The van der Waals surface area contributed by atoms with E-state index in [1.807, 2.05) is 0 Å². The van der Waals surface area contributed by atoms with E-state index in [2.05, 4.69) is 4.74 Å². The predicted molar refractivity (Wildman–Crippen MR) is 75.1 cm³/mol. The van der Waals surface area contributed by atoms with Gasteiger partial charge in [-0.05, 0) is 25.0 Å². The van der Waals surface area contributed by atoms with Gasteiger partial charge < -0.3 is 19.7 Å². The average Bonchev–Trinajstić information content (AvgIpc) is 2.50. The number of aliphatic carboxylic acids is 1. The zero-order chi connectivity index (χ0) is 16.4. The quantitative estimate of drug-likeness (QED) is 0.318. The SMILES string of the molecule is O=C(O)/C=C\C(=O)OCCCC(O)C(=O)Oc1ccccc1. The number of rotatable bonds is 8. The summed E-state index contributed by atoms with van der Waals surface area (Å²) in [5, 5.41) is 17.9. The molecule has 1 unspecified atom stereocenters. The summed E-state index contributed by atoms with van der Waals surface area (Å²) in [6, 6.07) is 8.32. The van der Waals surface area contributed by atoms with Crippen molar-refractivity contribution in [3.8, 4) is 5.75 Å². The van der Waals surface area contributed by atoms with Crippen LogP contribution in [0.15, 0.2) is 42.5 Å². The number of aliphatic hydroxyl groups is 1. The molecule has 0 aliphatic carbocycles. The standard InChI is InChI=1S/C15H16O7/c16-12(15(20)22-11-5-2-1-3-6-11)7-4-10-21-14(19)9-8-13(17)18/h1-3,5-6,8-9,12,16H,4,7,10H2,(H,17,18)/b9-8-. The van der Waals surface area contributed by atoms with Crippen LogP contribution in [0, 0.1) is 0 Å². The van der Waals surface area contributed by atoms with E-state index >= 15 is 0 Å². The minimum Gasteiger partial charge on any atom is -0.478 e. The molecule has 0 aliphatic rings. The number of carboxylic acid groups (broad SMARTS) is 1. The molecule has 0 saturated heterocycles. The molecule has 22 heavy (non-hydrogen) atoms. The normalized spacial score (nSPS) is 11.9. The summed E-state index contributed by atoms with van der Waals surface area (Å²) in [5.74, 6) is -2.51. The van der Waals surface area contributed by atoms with Crippen LogP contribution in [0.25, 0.3) is 0 Å². The van der Waals surface area contributed by atoms with Crippen molar-refractivity contribution in [3.63, 3.8) is 0 Å². The van der Waals surface area contributed by atoms with Gasteiger partial charge in [0.25, 0.3) is 0 Å². The molecule has 1 aromatic rings. The maximum Gasteiger partial charge on any atom is 0.340 e. The fourth-order valence-corrected chi connectivity index (χ4v) is 1.43. The third kappa shape index (κ3) is 7.20. The molecule has 0 bridgehead atoms. The largest absolute Gasteiger partial charge is 0.478 e. The fraction of sp³-hybridized carbons (Fsp3) is 0.267. The summed E-state index contributed by atoms with van der Waals surface area (Å²) in [5.41, 5.74) is 0. The lowest BCUT2D eigenvalue weighted by molar-refractivity contribution is -0.144. The Labute approximate surface area is 126 Å². The molecule has 0 radical (unpaired) electrons. The summed E-state index contributed by atoms with van der Waals surface area (Å²) in [4.78, 5) is 32.8. The van der Waals surface area contributed by atoms with E-state index in [4.69, 9.17) is 9.84 Å². The van der Waals surface area contributed by atoms with E-state index in [0.717, 1.165) is 6.08 Å². The van der Waals surface area contributed by atoms with Gasteiger partial charge in [-0.15, -0.1) is 0 Å². The van der Waals surface area contributed by atoms with Crippen LogP contribution in [-0.2, 0) is 19.1 Å². The molecule has 7 heteroatoms. The summed E-state index contributed by atoms with van der Waals surface area (Å²) >= 11 is 0. The van der Waals surface area contributed by atoms with Gasteiger partial charge in [0, 0.05) is 12.2 Å². The second-order valence-corrected chi connectivity index (χ2v) is 4.23. The Hall–Kier alpha value is -2.67. The van der Waals surface area contributed by atoms with Gasteiger partial charge >= 0.3 is 17.9 Å². The number of hydrogen-bond donors (Lipinski definition) is 2. The van der Waals surface area contributed by atoms with Gasteiger partial charge in [0.15, 0.2) is 6.10 Å². The summed E-state index contributed by atoms with van der Waals surface area (Å²) in [7, 11) is 0. The lowest BCUT2D eigenvalue weighted by Crippen LogP contribution is -2.26. The first-order valence-corrected chi connectivity index (χ1v) is 6.51. The molecule has 118 valence electrons. The molecular formula is C15H16O7. The first-order valence-electron chi connectivity index (χ1n) is 6.51. The highest BCUT2D eigenvalue weighted by Gasteiger charge is 2.17. The number of benzene rings is 1. The predicted octanol–water partition coefficient (Wildman–Crippen LogP) is 0.917. The minimum atomic E-state index is -1.33. The number of hydrogen-bond acceptors (Lipinski definition) is 6. The number of carboxylic acids is 1. The Balaban J connectivity index is 2.22. The molecule has 1 atom stereocenters. The van der Waals surface area contributed by atoms with Crippen molar-refractivity contribution < 1.29 is 34.1 Å². The van der Waals surface area contributed by atoms with Crippen molar-refractivity contribution in [2.24, 2.45) is 0 Å². The van der Waals surface area contributed by atoms with E-state index in [0.29, 0.717) is 11.8 Å². The second kappa shape index (κ2) is 9.30. The summed E-state index contributed by atoms with van der Waals surface area (Å²) in [6.45, 7) is -0.0432. The molecular weight excluding hydrogens is 292 g/mol. The van der Waals surface area contributed by atoms with E-state index in [-0.39, 0.29) is 19.4 Å². The molecule has 7 nitrogen and oxygen atoms in total. The highest BCUT2D eigenvalue weighted by molar-refractivity contribution is 5.90. The number of carbonyl (C=O) groups is 3. The van der Waals surface area contributed by atoms with Gasteiger partial charge in [0.1, 0.15) is 5.75 Å². The van der Waals surface area contributed by atoms with Crippen LogP contribution in [0.4, 0.5) is 0 Å². The zero-order valence-corrected chi connectivity index (χ0v) is 11.7. The third-order valence-electron chi connectivity index (χ3n) is 2.46. The molecule has 0 fully saturated rings. The van der Waals surface area contributed by atoms with Crippen molar-refractivity contribution in [2.45, 2.75) is 18.9 Å². The van der Waals surface area contributed by atoms with Crippen LogP contribution in [0.5, 0.6) is 5.75 Å². The lowest BCUT2D eigenvalue weighted by atomic mass is 10.2. The number of ether oxygens (including phenoxy) is 2. The van der Waals surface area contributed by atoms with Crippen molar-refractivity contribution >= 4 is 17.9 Å². The van der Waals surface area contributed by atoms with E-state index in [9.17, 15) is 19.5 Å². The van der Waals surface area contributed by atoms with Crippen molar-refractivity contribution in [1.82, 2.24) is 0 Å². The zero-order valence-electron chi connectivity index (χ0n) is 11.7. The van der Waals surface area contributed by atoms with Gasteiger partial charge in [-0.2, -0.15) is 0 Å². The smallest absolute Gasteiger partial charge is 0.340 e. The van der Waals surface area contributed by atoms with Crippen LogP contribution in [0.3, 0.4) is 0 Å². The Morgan fingerprint density at radius 3 is 2.45 bits per heavy atom. The van der Waals surface area contributed by atoms with E-state index in [1.54, 1.807) is 30.3 Å². The van der Waals surface area contributed by atoms with Crippen LogP contribution < -0.4 is 4.74 Å².